The van der Waals surface area contributed by atoms with Crippen molar-refractivity contribution in [1.29, 1.82) is 0 Å². The molecule has 4 rings (SSSR count). The zero-order valence-electron chi connectivity index (χ0n) is 14.1. The van der Waals surface area contributed by atoms with Gasteiger partial charge in [0.25, 0.3) is 0 Å². The van der Waals surface area contributed by atoms with Crippen LogP contribution in [0.1, 0.15) is 12.5 Å². The summed E-state index contributed by atoms with van der Waals surface area (Å²) in [6.07, 6.45) is 0. The minimum Gasteiger partial charge on any atom is -0.453 e. The Hall–Kier alpha value is -2.88. The number of nitrogens with zero attached hydrogens (tertiary/aromatic N) is 2. The van der Waals surface area contributed by atoms with Gasteiger partial charge >= 0.3 is 0 Å². The molecule has 1 heterocycles. The predicted octanol–water partition coefficient (Wildman–Crippen LogP) is 4.36. The van der Waals surface area contributed by atoms with Crippen molar-refractivity contribution in [2.75, 3.05) is 18.9 Å². The Morgan fingerprint density at radius 1 is 1.12 bits per heavy atom. The second-order valence-electron chi connectivity index (χ2n) is 5.89. The summed E-state index contributed by atoms with van der Waals surface area (Å²) in [5, 5.41) is 6.44. The van der Waals surface area contributed by atoms with Crippen LogP contribution >= 0.6 is 0 Å². The zero-order chi connectivity index (χ0) is 16.7. The lowest BCUT2D eigenvalue weighted by Gasteiger charge is -2.13. The average molecular weight is 317 g/mol. The van der Waals surface area contributed by atoms with Crippen molar-refractivity contribution in [3.8, 4) is 11.5 Å². The number of fused-ring (bicyclic) bond motifs is 4. The Morgan fingerprint density at radius 3 is 2.67 bits per heavy atom. The second kappa shape index (κ2) is 5.64. The Kier molecular flexibility index (Phi) is 3.45. The molecule has 120 valence electrons. The number of nitrogens with one attached hydrogen (secondary N) is 1. The van der Waals surface area contributed by atoms with Crippen molar-refractivity contribution in [3.63, 3.8) is 0 Å². The van der Waals surface area contributed by atoms with Gasteiger partial charge in [0.1, 0.15) is 11.2 Å². The van der Waals surface area contributed by atoms with Gasteiger partial charge in [-0.05, 0) is 25.5 Å². The van der Waals surface area contributed by atoms with Crippen LogP contribution in [0.15, 0.2) is 51.9 Å². The summed E-state index contributed by atoms with van der Waals surface area (Å²) < 4.78 is 6.18. The second-order valence-corrected chi connectivity index (χ2v) is 5.89. The summed E-state index contributed by atoms with van der Waals surface area (Å²) in [5.74, 6) is 0.758. The largest absolute Gasteiger partial charge is 0.453 e. The van der Waals surface area contributed by atoms with Crippen molar-refractivity contribution in [2.24, 2.45) is 4.99 Å². The molecule has 2 aliphatic rings. The molecule has 1 aliphatic carbocycles. The first-order valence-corrected chi connectivity index (χ1v) is 8.15. The lowest BCUT2D eigenvalue weighted by molar-refractivity contribution is 0.613. The first kappa shape index (κ1) is 14.7. The molecule has 2 aromatic rings. The van der Waals surface area contributed by atoms with E-state index < -0.39 is 0 Å². The van der Waals surface area contributed by atoms with E-state index >= 15 is 0 Å². The predicted molar refractivity (Wildman–Crippen MR) is 98.5 cm³/mol. The molecule has 24 heavy (non-hydrogen) atoms. The van der Waals surface area contributed by atoms with Crippen LogP contribution in [0.3, 0.4) is 0 Å². The Morgan fingerprint density at radius 2 is 1.92 bits per heavy atom. The first-order chi connectivity index (χ1) is 11.7. The molecule has 2 aromatic carbocycles. The van der Waals surface area contributed by atoms with Crippen molar-refractivity contribution >= 4 is 27.6 Å². The van der Waals surface area contributed by atoms with Crippen LogP contribution < -0.4 is 10.7 Å². The van der Waals surface area contributed by atoms with Crippen LogP contribution in [-0.2, 0) is 0 Å². The molecule has 0 bridgehead atoms. The minimum absolute atomic E-state index is 0.758. The van der Waals surface area contributed by atoms with E-state index in [0.717, 1.165) is 56.5 Å². The van der Waals surface area contributed by atoms with E-state index in [1.165, 1.54) is 0 Å². The Bertz CT molecular complexity index is 1100. The van der Waals surface area contributed by atoms with Gasteiger partial charge < -0.3 is 9.73 Å². The SMILES string of the molecule is CCNc1cc2oc3c/c(=N/C)c4ccccc4c-3nc2cc1C. The summed E-state index contributed by atoms with van der Waals surface area (Å²) in [4.78, 5) is 9.27. The number of aromatic nitrogens is 1. The molecule has 0 fully saturated rings. The van der Waals surface area contributed by atoms with Gasteiger partial charge in [-0.1, -0.05) is 24.3 Å². The summed E-state index contributed by atoms with van der Waals surface area (Å²) in [6.45, 7) is 5.04. The van der Waals surface area contributed by atoms with Crippen LogP contribution in [0, 0.1) is 6.92 Å². The minimum atomic E-state index is 0.758. The third-order valence-electron chi connectivity index (χ3n) is 4.33. The van der Waals surface area contributed by atoms with Crippen molar-refractivity contribution in [2.45, 2.75) is 13.8 Å². The summed E-state index contributed by atoms with van der Waals surface area (Å²) >= 11 is 0. The molecular weight excluding hydrogens is 298 g/mol. The van der Waals surface area contributed by atoms with E-state index in [4.69, 9.17) is 9.40 Å². The highest BCUT2D eigenvalue weighted by Gasteiger charge is 2.15. The van der Waals surface area contributed by atoms with Gasteiger partial charge in [-0.3, -0.25) is 4.99 Å². The molecule has 1 N–H and O–H groups in total. The highest BCUT2D eigenvalue weighted by Crippen LogP contribution is 2.32. The van der Waals surface area contributed by atoms with Crippen molar-refractivity contribution < 1.29 is 4.42 Å². The maximum atomic E-state index is 6.18. The van der Waals surface area contributed by atoms with E-state index in [0.29, 0.717) is 0 Å². The summed E-state index contributed by atoms with van der Waals surface area (Å²) in [6, 6.07) is 14.3. The number of aryl methyl sites for hydroxylation is 1. The Labute approximate surface area is 140 Å². The van der Waals surface area contributed by atoms with E-state index in [1.807, 2.05) is 24.3 Å². The lowest BCUT2D eigenvalue weighted by Crippen LogP contribution is -2.06. The fourth-order valence-corrected chi connectivity index (χ4v) is 3.16. The van der Waals surface area contributed by atoms with Crippen LogP contribution in [0.2, 0.25) is 0 Å². The number of rotatable bonds is 2. The quantitative estimate of drug-likeness (QED) is 0.441. The maximum absolute atomic E-state index is 6.18. The molecular formula is C20H19N3O. The van der Waals surface area contributed by atoms with E-state index in [-0.39, 0.29) is 0 Å². The van der Waals surface area contributed by atoms with Gasteiger partial charge in [-0.25, -0.2) is 4.98 Å². The molecule has 1 aliphatic heterocycles. The summed E-state index contributed by atoms with van der Waals surface area (Å²) in [7, 11) is 1.80. The molecule has 0 spiro atoms. The molecule has 0 saturated heterocycles. The van der Waals surface area contributed by atoms with E-state index in [1.54, 1.807) is 7.05 Å². The number of anilines is 1. The molecule has 0 radical (unpaired) electrons. The Balaban J connectivity index is 2.13. The molecule has 0 aromatic heterocycles. The van der Waals surface area contributed by atoms with Gasteiger partial charge in [-0.2, -0.15) is 0 Å². The number of benzene rings is 3. The smallest absolute Gasteiger partial charge is 0.155 e. The molecule has 4 heteroatoms. The molecule has 0 atom stereocenters. The van der Waals surface area contributed by atoms with Crippen LogP contribution in [0.25, 0.3) is 33.3 Å². The molecule has 0 amide bonds. The van der Waals surface area contributed by atoms with Crippen LogP contribution in [-0.4, -0.2) is 18.6 Å². The topological polar surface area (TPSA) is 50.4 Å². The summed E-state index contributed by atoms with van der Waals surface area (Å²) in [5.41, 5.74) is 4.77. The monoisotopic (exact) mass is 317 g/mol. The first-order valence-electron chi connectivity index (χ1n) is 8.15. The van der Waals surface area contributed by atoms with Crippen molar-refractivity contribution in [3.05, 3.63) is 53.4 Å². The van der Waals surface area contributed by atoms with Gasteiger partial charge in [-0.15, -0.1) is 0 Å². The van der Waals surface area contributed by atoms with Crippen LogP contribution in [0.5, 0.6) is 0 Å². The van der Waals surface area contributed by atoms with E-state index in [2.05, 4.69) is 42.4 Å². The highest BCUT2D eigenvalue weighted by molar-refractivity contribution is 5.96. The maximum Gasteiger partial charge on any atom is 0.155 e. The molecule has 0 unspecified atom stereocenters. The zero-order valence-corrected chi connectivity index (χ0v) is 14.1. The number of hydrogen-bond donors (Lipinski definition) is 1. The van der Waals surface area contributed by atoms with Gasteiger partial charge in [0.2, 0.25) is 0 Å². The van der Waals surface area contributed by atoms with E-state index in [9.17, 15) is 0 Å². The third-order valence-corrected chi connectivity index (χ3v) is 4.33. The molecule has 4 nitrogen and oxygen atoms in total. The highest BCUT2D eigenvalue weighted by atomic mass is 16.3. The third kappa shape index (κ3) is 2.22. The van der Waals surface area contributed by atoms with Crippen molar-refractivity contribution in [1.82, 2.24) is 4.98 Å². The number of hydrogen-bond acceptors (Lipinski definition) is 4. The average Bonchev–Trinajstić information content (AvgIpc) is 2.60. The molecule has 0 saturated carbocycles. The normalized spacial score (nSPS) is 12.4. The van der Waals surface area contributed by atoms with Gasteiger partial charge in [0, 0.05) is 42.2 Å². The van der Waals surface area contributed by atoms with Crippen LogP contribution in [0.4, 0.5) is 5.69 Å². The standard InChI is InChI=1S/C20H19N3O/c1-4-22-15-10-18-17(9-12(15)2)23-20-14-8-6-5-7-13(14)16(21-3)11-19(20)24-18/h5-11,22H,4H2,1-3H3/b21-16-. The lowest BCUT2D eigenvalue weighted by atomic mass is 10.0. The fraction of sp³-hybridized carbons (Fsp3) is 0.200. The van der Waals surface area contributed by atoms with Gasteiger partial charge in [0.15, 0.2) is 11.3 Å². The fourth-order valence-electron chi connectivity index (χ4n) is 3.16. The van der Waals surface area contributed by atoms with Gasteiger partial charge in [0.05, 0.1) is 5.36 Å².